The maximum absolute atomic E-state index is 12.5. The number of guanidine groups is 1. The van der Waals surface area contributed by atoms with Gasteiger partial charge in [-0.05, 0) is 51.6 Å². The van der Waals surface area contributed by atoms with Crippen molar-refractivity contribution in [3.8, 4) is 0 Å². The van der Waals surface area contributed by atoms with Gasteiger partial charge in [0.15, 0.2) is 11.8 Å². The highest BCUT2D eigenvalue weighted by Gasteiger charge is 2.32. The first-order chi connectivity index (χ1) is 14.9. The molecule has 2 N–H and O–H groups in total. The summed E-state index contributed by atoms with van der Waals surface area (Å²) in [5, 5.41) is 11.3. The summed E-state index contributed by atoms with van der Waals surface area (Å²) in [4.78, 5) is 10.7. The highest BCUT2D eigenvalue weighted by Crippen LogP contribution is 2.24. The number of aryl methyl sites for hydroxylation is 1. The third-order valence-corrected chi connectivity index (χ3v) is 5.78. The van der Waals surface area contributed by atoms with Crippen LogP contribution in [0.5, 0.6) is 0 Å². The van der Waals surface area contributed by atoms with Crippen molar-refractivity contribution >= 4 is 5.96 Å². The summed E-state index contributed by atoms with van der Waals surface area (Å²) < 4.78 is 44.6. The Labute approximate surface area is 181 Å². The Bertz CT molecular complexity index is 714. The summed E-state index contributed by atoms with van der Waals surface area (Å²) in [7, 11) is 1.63. The number of fused-ring (bicyclic) bond motifs is 1. The fourth-order valence-corrected chi connectivity index (χ4v) is 4.23. The van der Waals surface area contributed by atoms with Crippen LogP contribution in [0.4, 0.5) is 13.2 Å². The van der Waals surface area contributed by atoms with Crippen molar-refractivity contribution in [2.75, 3.05) is 39.8 Å². The molecule has 8 nitrogen and oxygen atoms in total. The summed E-state index contributed by atoms with van der Waals surface area (Å²) in [6.45, 7) is 4.83. The van der Waals surface area contributed by atoms with Gasteiger partial charge in [-0.3, -0.25) is 9.89 Å². The normalized spacial score (nSPS) is 21.2. The zero-order valence-corrected chi connectivity index (χ0v) is 18.4. The fourth-order valence-electron chi connectivity index (χ4n) is 4.23. The molecule has 0 aliphatic carbocycles. The van der Waals surface area contributed by atoms with Crippen LogP contribution < -0.4 is 10.6 Å². The second kappa shape index (κ2) is 11.1. The molecule has 2 aliphatic heterocycles. The average molecular weight is 446 g/mol. The molecule has 1 aromatic heterocycles. The first kappa shape index (κ1) is 23.8. The van der Waals surface area contributed by atoms with Gasteiger partial charge in [0.25, 0.3) is 0 Å². The molecule has 1 saturated heterocycles. The van der Waals surface area contributed by atoms with Gasteiger partial charge in [-0.15, -0.1) is 0 Å². The van der Waals surface area contributed by atoms with Crippen LogP contribution in [0.25, 0.3) is 0 Å². The zero-order chi connectivity index (χ0) is 22.3. The first-order valence-electron chi connectivity index (χ1n) is 11.1. The van der Waals surface area contributed by atoms with Crippen LogP contribution in [0.15, 0.2) is 4.99 Å². The van der Waals surface area contributed by atoms with E-state index in [0.29, 0.717) is 38.0 Å². The maximum atomic E-state index is 12.5. The van der Waals surface area contributed by atoms with Crippen LogP contribution in [-0.2, 0) is 24.3 Å². The Kier molecular flexibility index (Phi) is 8.53. The smallest absolute Gasteiger partial charge is 0.377 e. The lowest BCUT2D eigenvalue weighted by molar-refractivity contribution is -0.148. The third-order valence-electron chi connectivity index (χ3n) is 5.78. The lowest BCUT2D eigenvalue weighted by Gasteiger charge is -2.32. The van der Waals surface area contributed by atoms with Crippen LogP contribution in [0.2, 0.25) is 0 Å². The van der Waals surface area contributed by atoms with Gasteiger partial charge in [0.1, 0.15) is 12.4 Å². The quantitative estimate of drug-likeness (QED) is 0.471. The Hall–Kier alpha value is -1.88. The first-order valence-corrected chi connectivity index (χ1v) is 11.1. The number of halogens is 3. The van der Waals surface area contributed by atoms with Crippen LogP contribution in [0.1, 0.15) is 44.3 Å². The molecular formula is C20H34F3N7O. The number of rotatable bonds is 8. The van der Waals surface area contributed by atoms with Crippen molar-refractivity contribution in [1.82, 2.24) is 30.3 Å². The number of nitrogens with zero attached hydrogens (tertiary/aromatic N) is 5. The van der Waals surface area contributed by atoms with Gasteiger partial charge >= 0.3 is 6.18 Å². The lowest BCUT2D eigenvalue weighted by Crippen LogP contribution is -2.47. The molecule has 3 rings (SSSR count). The summed E-state index contributed by atoms with van der Waals surface area (Å²) >= 11 is 0. The molecule has 176 valence electrons. The Morgan fingerprint density at radius 3 is 2.71 bits per heavy atom. The Balaban J connectivity index is 1.44. The number of aromatic nitrogens is 3. The van der Waals surface area contributed by atoms with Crippen LogP contribution in [0, 0.1) is 5.92 Å². The standard InChI is InChI=1S/C20H34F3N7O/c1-3-24-19(25-9-6-15-7-10-29(11-8-15)14-20(21,22)23)26-16-4-5-18-27-17(13-31-2)28-30(18)12-16/h15-16H,3-14H2,1-2H3,(H2,24,25,26). The fraction of sp³-hybridized carbons (Fsp3) is 0.850. The van der Waals surface area contributed by atoms with Gasteiger partial charge in [0.05, 0.1) is 13.1 Å². The second-order valence-corrected chi connectivity index (χ2v) is 8.32. The molecule has 31 heavy (non-hydrogen) atoms. The van der Waals surface area contributed by atoms with Gasteiger partial charge in [-0.1, -0.05) is 0 Å². The molecule has 3 heterocycles. The van der Waals surface area contributed by atoms with Crippen molar-refractivity contribution in [1.29, 1.82) is 0 Å². The SMILES string of the molecule is CCNC(=NCCC1CCN(CC(F)(F)F)CC1)NC1CCc2nc(COC)nn2C1. The van der Waals surface area contributed by atoms with Crippen LogP contribution in [-0.4, -0.2) is 77.7 Å². The number of alkyl halides is 3. The van der Waals surface area contributed by atoms with E-state index in [1.54, 1.807) is 7.11 Å². The van der Waals surface area contributed by atoms with Crippen molar-refractivity contribution in [3.05, 3.63) is 11.6 Å². The minimum atomic E-state index is -4.11. The molecule has 0 radical (unpaired) electrons. The van der Waals surface area contributed by atoms with Crippen molar-refractivity contribution < 1.29 is 17.9 Å². The van der Waals surface area contributed by atoms with E-state index in [2.05, 4.69) is 20.7 Å². The van der Waals surface area contributed by atoms with E-state index in [-0.39, 0.29) is 6.04 Å². The number of ether oxygens (including phenoxy) is 1. The van der Waals surface area contributed by atoms with E-state index in [0.717, 1.165) is 57.0 Å². The van der Waals surface area contributed by atoms with Gasteiger partial charge in [0.2, 0.25) is 0 Å². The predicted octanol–water partition coefficient (Wildman–Crippen LogP) is 1.96. The number of likely N-dealkylation sites (tertiary alicyclic amines) is 1. The van der Waals surface area contributed by atoms with Crippen LogP contribution in [0.3, 0.4) is 0 Å². The summed E-state index contributed by atoms with van der Waals surface area (Å²) in [6, 6.07) is 0.216. The minimum absolute atomic E-state index is 0.216. The molecule has 11 heteroatoms. The van der Waals surface area contributed by atoms with Crippen molar-refractivity contribution in [2.45, 2.75) is 64.4 Å². The summed E-state index contributed by atoms with van der Waals surface area (Å²) in [6.07, 6.45) is 0.196. The molecule has 0 amide bonds. The van der Waals surface area contributed by atoms with E-state index >= 15 is 0 Å². The molecule has 0 aromatic carbocycles. The van der Waals surface area contributed by atoms with E-state index in [1.807, 2.05) is 11.6 Å². The molecule has 1 unspecified atom stereocenters. The molecule has 2 aliphatic rings. The molecule has 1 atom stereocenters. The maximum Gasteiger partial charge on any atom is 0.401 e. The highest BCUT2D eigenvalue weighted by molar-refractivity contribution is 5.80. The van der Waals surface area contributed by atoms with Crippen molar-refractivity contribution in [3.63, 3.8) is 0 Å². The lowest BCUT2D eigenvalue weighted by atomic mass is 9.93. The topological polar surface area (TPSA) is 79.6 Å². The monoisotopic (exact) mass is 445 g/mol. The van der Waals surface area contributed by atoms with Gasteiger partial charge < -0.3 is 15.4 Å². The molecular weight excluding hydrogens is 411 g/mol. The average Bonchev–Trinajstić information content (AvgIpc) is 3.10. The van der Waals surface area contributed by atoms with Crippen molar-refractivity contribution in [2.24, 2.45) is 10.9 Å². The molecule has 0 saturated carbocycles. The van der Waals surface area contributed by atoms with E-state index in [4.69, 9.17) is 9.73 Å². The minimum Gasteiger partial charge on any atom is -0.377 e. The van der Waals surface area contributed by atoms with E-state index in [1.165, 1.54) is 4.90 Å². The van der Waals surface area contributed by atoms with Gasteiger partial charge in [-0.25, -0.2) is 9.67 Å². The molecule has 0 bridgehead atoms. The van der Waals surface area contributed by atoms with Gasteiger partial charge in [-0.2, -0.15) is 18.3 Å². The summed E-state index contributed by atoms with van der Waals surface area (Å²) in [5.41, 5.74) is 0. The number of piperidine rings is 1. The second-order valence-electron chi connectivity index (χ2n) is 8.32. The van der Waals surface area contributed by atoms with E-state index < -0.39 is 12.7 Å². The zero-order valence-electron chi connectivity index (χ0n) is 18.4. The Morgan fingerprint density at radius 2 is 2.03 bits per heavy atom. The largest absolute Gasteiger partial charge is 0.401 e. The molecule has 1 aromatic rings. The number of aliphatic imine (C=N–C) groups is 1. The highest BCUT2D eigenvalue weighted by atomic mass is 19.4. The molecule has 0 spiro atoms. The number of hydrogen-bond acceptors (Lipinski definition) is 5. The molecule has 1 fully saturated rings. The number of methoxy groups -OCH3 is 1. The van der Waals surface area contributed by atoms with E-state index in [9.17, 15) is 13.2 Å². The third kappa shape index (κ3) is 7.64. The number of nitrogens with one attached hydrogen (secondary N) is 2. The van der Waals surface area contributed by atoms with Gasteiger partial charge in [0, 0.05) is 32.7 Å². The van der Waals surface area contributed by atoms with Crippen LogP contribution >= 0.6 is 0 Å². The Morgan fingerprint density at radius 1 is 1.26 bits per heavy atom. The number of hydrogen-bond donors (Lipinski definition) is 2. The predicted molar refractivity (Wildman–Crippen MR) is 112 cm³/mol. The summed E-state index contributed by atoms with van der Waals surface area (Å²) in [5.74, 6) is 2.91.